The number of fused-ring (bicyclic) bond motifs is 10. The first-order valence-electron chi connectivity index (χ1n) is 18.9. The van der Waals surface area contributed by atoms with Gasteiger partial charge in [0, 0.05) is 19.3 Å². The standard InChI is InChI=1S/C24H32O4.C18H24O2/c1-5-24(28-16(3)26)13-11-22-21-8-6-17-14-18(27-15(2)25)7-9-19(17)20(21)10-12-23(22,24)4;1-18-9-8-14-13-5-3-12(19)10-11(13)2-4-15(14)16(18)6-7-17(18)20/h1,14,18-22H,6-13H2,2-4H3;3,5,10,14-17,19-20H,2,4,6-9H2,1H3/t18-,19-,20+,21+,22-,23-,24-;14-,15-,16+,17+,18+/m01/s1. The SMILES string of the molecule is C#C[C@]1(OC(C)=O)CC[C@H]2[C@@H]3CCC4=C[C@@H](OC(C)=O)CC[C@@H]4[C@H]3CC[C@@]21C.C[C@]12CC[C@@H]3c4ccc(O)cc4CC[C@H]3[C@@H]1CC[C@@H]2O. The van der Waals surface area contributed by atoms with Gasteiger partial charge in [-0.05, 0) is 166 Å². The van der Waals surface area contributed by atoms with Gasteiger partial charge in [-0.1, -0.05) is 31.4 Å². The van der Waals surface area contributed by atoms with Crippen molar-refractivity contribution in [3.63, 3.8) is 0 Å². The minimum Gasteiger partial charge on any atom is -0.508 e. The van der Waals surface area contributed by atoms with Gasteiger partial charge in [0.15, 0.2) is 5.60 Å². The Kier molecular flexibility index (Phi) is 8.79. The number of carbonyl (C=O) groups excluding carboxylic acids is 2. The van der Waals surface area contributed by atoms with Crippen molar-refractivity contribution in [2.75, 3.05) is 0 Å². The van der Waals surface area contributed by atoms with Gasteiger partial charge >= 0.3 is 11.9 Å². The highest BCUT2D eigenvalue weighted by Crippen LogP contribution is 2.66. The summed E-state index contributed by atoms with van der Waals surface area (Å²) >= 11 is 0. The molecule has 1 aromatic rings. The monoisotopic (exact) mass is 656 g/mol. The van der Waals surface area contributed by atoms with Gasteiger partial charge in [0.25, 0.3) is 0 Å². The Morgan fingerprint density at radius 2 is 1.62 bits per heavy atom. The zero-order valence-electron chi connectivity index (χ0n) is 29.5. The van der Waals surface area contributed by atoms with Crippen LogP contribution >= 0.6 is 0 Å². The van der Waals surface area contributed by atoms with Crippen molar-refractivity contribution in [1.82, 2.24) is 0 Å². The summed E-state index contributed by atoms with van der Waals surface area (Å²) in [6.07, 6.45) is 23.2. The van der Waals surface area contributed by atoms with Crippen molar-refractivity contribution in [2.24, 2.45) is 46.3 Å². The van der Waals surface area contributed by atoms with Crippen LogP contribution in [0.25, 0.3) is 0 Å². The van der Waals surface area contributed by atoms with Crippen molar-refractivity contribution < 1.29 is 29.3 Å². The first-order valence-corrected chi connectivity index (χ1v) is 18.9. The van der Waals surface area contributed by atoms with E-state index >= 15 is 0 Å². The Morgan fingerprint density at radius 3 is 2.38 bits per heavy atom. The van der Waals surface area contributed by atoms with Gasteiger partial charge in [-0.3, -0.25) is 9.59 Å². The zero-order chi connectivity index (χ0) is 34.0. The summed E-state index contributed by atoms with van der Waals surface area (Å²) in [4.78, 5) is 23.1. The van der Waals surface area contributed by atoms with Crippen LogP contribution in [-0.2, 0) is 25.5 Å². The Bertz CT molecular complexity index is 1510. The van der Waals surface area contributed by atoms with E-state index in [1.54, 1.807) is 0 Å². The van der Waals surface area contributed by atoms with Gasteiger partial charge in [-0.15, -0.1) is 6.42 Å². The van der Waals surface area contributed by atoms with Crippen LogP contribution in [0.5, 0.6) is 5.75 Å². The minimum absolute atomic E-state index is 0.0429. The quantitative estimate of drug-likeness (QED) is 0.190. The van der Waals surface area contributed by atoms with Gasteiger partial charge in [0.05, 0.1) is 6.10 Å². The van der Waals surface area contributed by atoms with E-state index < -0.39 is 5.60 Å². The van der Waals surface area contributed by atoms with Gasteiger partial charge in [0.2, 0.25) is 0 Å². The molecular weight excluding hydrogens is 600 g/mol. The summed E-state index contributed by atoms with van der Waals surface area (Å²) in [6.45, 7) is 7.55. The highest BCUT2D eigenvalue weighted by molar-refractivity contribution is 5.67. The second-order valence-corrected chi connectivity index (χ2v) is 17.0. The normalized spacial score (nSPS) is 43.6. The number of phenolic OH excluding ortho intramolecular Hbond substituents is 1. The molecular formula is C42H56O6. The lowest BCUT2D eigenvalue weighted by molar-refractivity contribution is -0.167. The van der Waals surface area contributed by atoms with Gasteiger partial charge < -0.3 is 19.7 Å². The predicted octanol–water partition coefficient (Wildman–Crippen LogP) is 8.04. The first-order chi connectivity index (χ1) is 22.9. The van der Waals surface area contributed by atoms with Crippen LogP contribution < -0.4 is 0 Å². The van der Waals surface area contributed by atoms with Crippen molar-refractivity contribution in [2.45, 2.75) is 141 Å². The molecule has 0 unspecified atom stereocenters. The van der Waals surface area contributed by atoms with Crippen LogP contribution in [-0.4, -0.2) is 40.0 Å². The van der Waals surface area contributed by atoms with Crippen molar-refractivity contribution in [3.05, 3.63) is 41.0 Å². The van der Waals surface area contributed by atoms with Crippen LogP contribution in [0.15, 0.2) is 29.8 Å². The second-order valence-electron chi connectivity index (χ2n) is 17.0. The highest BCUT2D eigenvalue weighted by atomic mass is 16.6. The molecule has 0 heterocycles. The second kappa shape index (κ2) is 12.5. The molecule has 7 aliphatic carbocycles. The van der Waals surface area contributed by atoms with Crippen LogP contribution in [0.3, 0.4) is 0 Å². The smallest absolute Gasteiger partial charge is 0.304 e. The van der Waals surface area contributed by atoms with Crippen molar-refractivity contribution in [1.29, 1.82) is 0 Å². The molecule has 0 aromatic heterocycles. The number of benzene rings is 1. The minimum atomic E-state index is -0.739. The molecule has 12 atom stereocenters. The number of allylic oxidation sites excluding steroid dienone is 1. The predicted molar refractivity (Wildman–Crippen MR) is 185 cm³/mol. The maximum atomic E-state index is 11.8. The fourth-order valence-corrected chi connectivity index (χ4v) is 12.8. The molecule has 0 spiro atoms. The number of aryl methyl sites for hydroxylation is 1. The number of hydrogen-bond acceptors (Lipinski definition) is 6. The van der Waals surface area contributed by atoms with Crippen LogP contribution in [0.1, 0.15) is 128 Å². The Morgan fingerprint density at radius 1 is 0.833 bits per heavy atom. The molecule has 1 aromatic carbocycles. The summed E-state index contributed by atoms with van der Waals surface area (Å²) in [6, 6.07) is 5.96. The average molecular weight is 657 g/mol. The average Bonchev–Trinajstić information content (AvgIpc) is 3.52. The van der Waals surface area contributed by atoms with E-state index in [0.29, 0.717) is 41.3 Å². The molecule has 5 fully saturated rings. The lowest BCUT2D eigenvalue weighted by Gasteiger charge is -2.55. The Hall–Kier alpha value is -2.78. The lowest BCUT2D eigenvalue weighted by Crippen LogP contribution is -2.53. The third-order valence-corrected chi connectivity index (χ3v) is 15.1. The van der Waals surface area contributed by atoms with Gasteiger partial charge in [-0.2, -0.15) is 0 Å². The fraction of sp³-hybridized carbons (Fsp3) is 0.714. The third kappa shape index (κ3) is 5.42. The van der Waals surface area contributed by atoms with E-state index in [4.69, 9.17) is 15.9 Å². The molecule has 7 aliphatic rings. The summed E-state index contributed by atoms with van der Waals surface area (Å²) in [5.41, 5.74) is 3.64. The highest BCUT2D eigenvalue weighted by Gasteiger charge is 2.64. The van der Waals surface area contributed by atoms with Crippen LogP contribution in [0.2, 0.25) is 0 Å². The number of phenols is 1. The third-order valence-electron chi connectivity index (χ3n) is 15.1. The van der Waals surface area contributed by atoms with Crippen LogP contribution in [0.4, 0.5) is 0 Å². The maximum Gasteiger partial charge on any atom is 0.304 e. The number of esters is 2. The van der Waals surface area contributed by atoms with E-state index in [1.807, 2.05) is 12.1 Å². The first kappa shape index (κ1) is 33.7. The Labute approximate surface area is 287 Å². The van der Waals surface area contributed by atoms with E-state index in [2.05, 4.69) is 31.9 Å². The number of ether oxygens (including phenoxy) is 2. The topological polar surface area (TPSA) is 93.1 Å². The number of terminal acetylenes is 1. The zero-order valence-corrected chi connectivity index (χ0v) is 29.5. The molecule has 260 valence electrons. The summed E-state index contributed by atoms with van der Waals surface area (Å²) in [5.74, 6) is 7.43. The molecule has 0 bridgehead atoms. The number of carbonyl (C=O) groups is 2. The van der Waals surface area contributed by atoms with Crippen molar-refractivity contribution >= 4 is 11.9 Å². The molecule has 0 aliphatic heterocycles. The molecule has 8 rings (SSSR count). The molecule has 0 radical (unpaired) electrons. The summed E-state index contributed by atoms with van der Waals surface area (Å²) in [5, 5.41) is 20.0. The largest absolute Gasteiger partial charge is 0.508 e. The van der Waals surface area contributed by atoms with Crippen LogP contribution in [0, 0.1) is 58.7 Å². The number of aliphatic hydroxyl groups excluding tert-OH is 1. The fourth-order valence-electron chi connectivity index (χ4n) is 12.8. The molecule has 0 saturated heterocycles. The molecule has 2 N–H and O–H groups in total. The Balaban J connectivity index is 0.000000160. The maximum absolute atomic E-state index is 11.8. The molecule has 6 nitrogen and oxygen atoms in total. The number of aliphatic hydroxyl groups is 1. The van der Waals surface area contributed by atoms with Gasteiger partial charge in [-0.25, -0.2) is 0 Å². The van der Waals surface area contributed by atoms with E-state index in [1.165, 1.54) is 56.2 Å². The summed E-state index contributed by atoms with van der Waals surface area (Å²) < 4.78 is 11.3. The molecule has 6 heteroatoms. The molecule has 0 amide bonds. The summed E-state index contributed by atoms with van der Waals surface area (Å²) in [7, 11) is 0. The lowest BCUT2D eigenvalue weighted by atomic mass is 9.50. The molecule has 48 heavy (non-hydrogen) atoms. The molecule has 5 saturated carbocycles. The van der Waals surface area contributed by atoms with Gasteiger partial charge in [0.1, 0.15) is 11.9 Å². The number of rotatable bonds is 2. The number of aromatic hydroxyl groups is 1. The van der Waals surface area contributed by atoms with Crippen molar-refractivity contribution in [3.8, 4) is 18.1 Å². The van der Waals surface area contributed by atoms with E-state index in [-0.39, 0.29) is 35.0 Å². The van der Waals surface area contributed by atoms with E-state index in [0.717, 1.165) is 70.1 Å². The van der Waals surface area contributed by atoms with E-state index in [9.17, 15) is 19.8 Å². The number of hydrogen-bond donors (Lipinski definition) is 2.